The second-order valence-electron chi connectivity index (χ2n) is 5.25. The predicted molar refractivity (Wildman–Crippen MR) is 78.5 cm³/mol. The van der Waals surface area contributed by atoms with Gasteiger partial charge in [-0.1, -0.05) is 13.0 Å². The summed E-state index contributed by atoms with van der Waals surface area (Å²) in [4.78, 5) is 4.64. The molecule has 0 fully saturated rings. The fourth-order valence-corrected chi connectivity index (χ4v) is 2.49. The van der Waals surface area contributed by atoms with E-state index in [9.17, 15) is 5.26 Å². The van der Waals surface area contributed by atoms with Crippen LogP contribution in [0.3, 0.4) is 0 Å². The smallest absolute Gasteiger partial charge is 0.111 e. The normalized spacial score (nSPS) is 11.7. The van der Waals surface area contributed by atoms with Crippen LogP contribution in [0.15, 0.2) is 18.2 Å². The summed E-state index contributed by atoms with van der Waals surface area (Å²) in [6, 6.07) is 7.96. The highest BCUT2D eigenvalue weighted by Crippen LogP contribution is 2.29. The van der Waals surface area contributed by atoms with Crippen molar-refractivity contribution in [1.29, 1.82) is 5.26 Å². The average molecular weight is 276 g/mol. The molecule has 0 amide bonds. The second kappa shape index (κ2) is 5.22. The number of imidazole rings is 1. The van der Waals surface area contributed by atoms with Gasteiger partial charge in [0, 0.05) is 17.8 Å². The topological polar surface area (TPSA) is 41.6 Å². The van der Waals surface area contributed by atoms with Gasteiger partial charge in [0.15, 0.2) is 0 Å². The number of aryl methyl sites for hydroxylation is 1. The molecular formula is C15H18ClN3. The molecule has 2 rings (SSSR count). The minimum absolute atomic E-state index is 0.0375. The monoisotopic (exact) mass is 275 g/mol. The Labute approximate surface area is 118 Å². The molecule has 19 heavy (non-hydrogen) atoms. The molecule has 0 spiro atoms. The summed E-state index contributed by atoms with van der Waals surface area (Å²) in [6.45, 7) is 6.53. The third kappa shape index (κ3) is 2.33. The Balaban J connectivity index is 2.79. The zero-order valence-corrected chi connectivity index (χ0v) is 12.3. The van der Waals surface area contributed by atoms with Crippen molar-refractivity contribution >= 4 is 22.6 Å². The van der Waals surface area contributed by atoms with Crippen LogP contribution in [0.4, 0.5) is 0 Å². The van der Waals surface area contributed by atoms with Crippen molar-refractivity contribution in [3.63, 3.8) is 0 Å². The van der Waals surface area contributed by atoms with Crippen molar-refractivity contribution in [3.05, 3.63) is 29.6 Å². The Morgan fingerprint density at radius 1 is 1.42 bits per heavy atom. The zero-order valence-electron chi connectivity index (χ0n) is 11.6. The van der Waals surface area contributed by atoms with E-state index in [1.807, 2.05) is 18.2 Å². The Morgan fingerprint density at radius 2 is 2.16 bits per heavy atom. The largest absolute Gasteiger partial charge is 0.322 e. The molecule has 0 unspecified atom stereocenters. The third-order valence-electron chi connectivity index (χ3n) is 3.66. The molecule has 4 heteroatoms. The number of benzene rings is 1. The summed E-state index contributed by atoms with van der Waals surface area (Å²) < 4.78 is 2.23. The summed E-state index contributed by atoms with van der Waals surface area (Å²) in [6.07, 6.45) is 1.70. The van der Waals surface area contributed by atoms with Crippen molar-refractivity contribution in [1.82, 2.24) is 9.55 Å². The number of rotatable bonds is 4. The molecule has 0 aliphatic carbocycles. The minimum atomic E-state index is -0.0375. The number of halogens is 1. The van der Waals surface area contributed by atoms with Crippen molar-refractivity contribution in [2.24, 2.45) is 0 Å². The molecule has 2 aromatic rings. The minimum Gasteiger partial charge on any atom is -0.322 e. The van der Waals surface area contributed by atoms with Gasteiger partial charge >= 0.3 is 0 Å². The lowest BCUT2D eigenvalue weighted by atomic mass is 10.0. The van der Waals surface area contributed by atoms with E-state index in [0.29, 0.717) is 17.9 Å². The Kier molecular flexibility index (Phi) is 3.82. The van der Waals surface area contributed by atoms with Crippen LogP contribution in [0.1, 0.15) is 38.6 Å². The number of nitrogens with zero attached hydrogens (tertiary/aromatic N) is 3. The summed E-state index contributed by atoms with van der Waals surface area (Å²) >= 11 is 5.88. The van der Waals surface area contributed by atoms with Gasteiger partial charge in [0.25, 0.3) is 0 Å². The molecule has 0 N–H and O–H groups in total. The first-order chi connectivity index (χ1) is 9.05. The van der Waals surface area contributed by atoms with Crippen molar-refractivity contribution in [2.45, 2.75) is 39.2 Å². The SMILES string of the molecule is CCC(C)(C)n1c(CCCl)nc2c(C#N)cccc21. The van der Waals surface area contributed by atoms with Crippen molar-refractivity contribution in [2.75, 3.05) is 5.88 Å². The first-order valence-corrected chi connectivity index (χ1v) is 7.05. The summed E-state index contributed by atoms with van der Waals surface area (Å²) in [5, 5.41) is 9.20. The van der Waals surface area contributed by atoms with Gasteiger partial charge in [0.2, 0.25) is 0 Å². The van der Waals surface area contributed by atoms with E-state index in [4.69, 9.17) is 11.6 Å². The molecule has 0 saturated heterocycles. The van der Waals surface area contributed by atoms with E-state index in [1.54, 1.807) is 0 Å². The van der Waals surface area contributed by atoms with Gasteiger partial charge in [0.1, 0.15) is 17.4 Å². The lowest BCUT2D eigenvalue weighted by Gasteiger charge is -2.28. The molecule has 0 radical (unpaired) electrons. The lowest BCUT2D eigenvalue weighted by molar-refractivity contribution is 0.342. The predicted octanol–water partition coefficient (Wildman–Crippen LogP) is 3.83. The molecule has 0 aliphatic rings. The Morgan fingerprint density at radius 3 is 2.74 bits per heavy atom. The van der Waals surface area contributed by atoms with Gasteiger partial charge in [-0.05, 0) is 32.4 Å². The second-order valence-corrected chi connectivity index (χ2v) is 5.63. The van der Waals surface area contributed by atoms with Crippen LogP contribution < -0.4 is 0 Å². The number of aromatic nitrogens is 2. The van der Waals surface area contributed by atoms with Gasteiger partial charge in [0.05, 0.1) is 11.1 Å². The van der Waals surface area contributed by atoms with E-state index in [2.05, 4.69) is 36.4 Å². The van der Waals surface area contributed by atoms with Crippen LogP contribution in [0, 0.1) is 11.3 Å². The number of hydrogen-bond acceptors (Lipinski definition) is 2. The van der Waals surface area contributed by atoms with Crippen LogP contribution in [-0.4, -0.2) is 15.4 Å². The number of fused-ring (bicyclic) bond motifs is 1. The highest BCUT2D eigenvalue weighted by atomic mass is 35.5. The molecule has 3 nitrogen and oxygen atoms in total. The van der Waals surface area contributed by atoms with Crippen LogP contribution in [0.5, 0.6) is 0 Å². The quantitative estimate of drug-likeness (QED) is 0.796. The van der Waals surface area contributed by atoms with Crippen molar-refractivity contribution in [3.8, 4) is 6.07 Å². The van der Waals surface area contributed by atoms with Crippen molar-refractivity contribution < 1.29 is 0 Å². The van der Waals surface area contributed by atoms with Gasteiger partial charge in [-0.15, -0.1) is 11.6 Å². The number of alkyl halides is 1. The van der Waals surface area contributed by atoms with E-state index in [-0.39, 0.29) is 5.54 Å². The van der Waals surface area contributed by atoms with E-state index >= 15 is 0 Å². The maximum Gasteiger partial charge on any atom is 0.111 e. The summed E-state index contributed by atoms with van der Waals surface area (Å²) in [7, 11) is 0. The molecule has 100 valence electrons. The van der Waals surface area contributed by atoms with Crippen LogP contribution >= 0.6 is 11.6 Å². The van der Waals surface area contributed by atoms with Gasteiger partial charge in [-0.25, -0.2) is 4.98 Å². The van der Waals surface area contributed by atoms with Crippen LogP contribution in [0.2, 0.25) is 0 Å². The Hall–Kier alpha value is -1.53. The highest BCUT2D eigenvalue weighted by molar-refractivity contribution is 6.17. The van der Waals surface area contributed by atoms with E-state index in [0.717, 1.165) is 23.3 Å². The standard InChI is InChI=1S/C15H18ClN3/c1-4-15(2,3)19-12-7-5-6-11(10-17)14(12)18-13(19)8-9-16/h5-7H,4,8-9H2,1-3H3. The molecule has 0 bridgehead atoms. The lowest BCUT2D eigenvalue weighted by Crippen LogP contribution is -2.27. The van der Waals surface area contributed by atoms with Crippen LogP contribution in [-0.2, 0) is 12.0 Å². The molecular weight excluding hydrogens is 258 g/mol. The third-order valence-corrected chi connectivity index (χ3v) is 3.85. The maximum absolute atomic E-state index is 9.20. The first-order valence-electron chi connectivity index (χ1n) is 6.52. The summed E-state index contributed by atoms with van der Waals surface area (Å²) in [5.74, 6) is 1.49. The molecule has 0 atom stereocenters. The van der Waals surface area contributed by atoms with Gasteiger partial charge < -0.3 is 4.57 Å². The zero-order chi connectivity index (χ0) is 14.0. The Bertz CT molecular complexity index is 635. The average Bonchev–Trinajstić information content (AvgIpc) is 2.77. The molecule has 1 heterocycles. The van der Waals surface area contributed by atoms with Crippen LogP contribution in [0.25, 0.3) is 11.0 Å². The van der Waals surface area contributed by atoms with E-state index in [1.165, 1.54) is 0 Å². The molecule has 1 aromatic carbocycles. The summed E-state index contributed by atoms with van der Waals surface area (Å²) in [5.41, 5.74) is 2.39. The number of hydrogen-bond donors (Lipinski definition) is 0. The number of nitriles is 1. The van der Waals surface area contributed by atoms with Gasteiger partial charge in [-0.3, -0.25) is 0 Å². The highest BCUT2D eigenvalue weighted by Gasteiger charge is 2.24. The molecule has 0 aliphatic heterocycles. The maximum atomic E-state index is 9.20. The van der Waals surface area contributed by atoms with Gasteiger partial charge in [-0.2, -0.15) is 5.26 Å². The first kappa shape index (κ1) is 13.9. The molecule has 0 saturated carbocycles. The van der Waals surface area contributed by atoms with E-state index < -0.39 is 0 Å². The number of para-hydroxylation sites is 1. The fourth-order valence-electron chi connectivity index (χ4n) is 2.32. The molecule has 1 aromatic heterocycles. The fraction of sp³-hybridized carbons (Fsp3) is 0.467.